The molecular weight excluding hydrogens is 232 g/mol. The van der Waals surface area contributed by atoms with Crippen molar-refractivity contribution in [3.63, 3.8) is 0 Å². The SMILES string of the molecule is CC(C)NC(=S)Nc1cccc(C=CC[O])c1. The summed E-state index contributed by atoms with van der Waals surface area (Å²) in [6.07, 6.45) is 3.39. The smallest absolute Gasteiger partial charge is 0.170 e. The van der Waals surface area contributed by atoms with Crippen molar-refractivity contribution >= 4 is 29.1 Å². The van der Waals surface area contributed by atoms with Crippen molar-refractivity contribution in [2.24, 2.45) is 0 Å². The Morgan fingerprint density at radius 3 is 2.88 bits per heavy atom. The van der Waals surface area contributed by atoms with Gasteiger partial charge in [-0.2, -0.15) is 0 Å². The summed E-state index contributed by atoms with van der Waals surface area (Å²) in [7, 11) is 0. The van der Waals surface area contributed by atoms with E-state index < -0.39 is 0 Å². The second-order valence-corrected chi connectivity index (χ2v) is 4.36. The molecule has 17 heavy (non-hydrogen) atoms. The summed E-state index contributed by atoms with van der Waals surface area (Å²) in [5, 5.41) is 17.2. The first-order valence-corrected chi connectivity index (χ1v) is 5.95. The second-order valence-electron chi connectivity index (χ2n) is 3.95. The van der Waals surface area contributed by atoms with Crippen LogP contribution in [0.1, 0.15) is 19.4 Å². The van der Waals surface area contributed by atoms with E-state index >= 15 is 0 Å². The predicted molar refractivity (Wildman–Crippen MR) is 75.5 cm³/mol. The highest BCUT2D eigenvalue weighted by Gasteiger charge is 1.99. The number of hydrogen-bond donors (Lipinski definition) is 2. The monoisotopic (exact) mass is 249 g/mol. The largest absolute Gasteiger partial charge is 0.360 e. The van der Waals surface area contributed by atoms with Crippen LogP contribution in [-0.4, -0.2) is 17.8 Å². The molecular formula is C13H17N2OS. The standard InChI is InChI=1S/C13H17N2OS/c1-10(2)14-13(17)15-12-7-3-5-11(9-12)6-4-8-16/h3-7,9-10H,8H2,1-2H3,(H2,14,15,17). The lowest BCUT2D eigenvalue weighted by Gasteiger charge is -2.13. The third-order valence-corrected chi connectivity index (χ3v) is 2.19. The van der Waals surface area contributed by atoms with Crippen LogP contribution in [0.15, 0.2) is 30.3 Å². The summed E-state index contributed by atoms with van der Waals surface area (Å²) in [6.45, 7) is 3.85. The van der Waals surface area contributed by atoms with E-state index in [4.69, 9.17) is 12.2 Å². The molecule has 0 aliphatic carbocycles. The van der Waals surface area contributed by atoms with Crippen molar-refractivity contribution in [3.05, 3.63) is 35.9 Å². The summed E-state index contributed by atoms with van der Waals surface area (Å²) in [6, 6.07) is 8.04. The van der Waals surface area contributed by atoms with Crippen LogP contribution >= 0.6 is 12.2 Å². The molecule has 1 aromatic carbocycles. The van der Waals surface area contributed by atoms with E-state index in [0.717, 1.165) is 11.3 Å². The average Bonchev–Trinajstić information content (AvgIpc) is 2.25. The minimum Gasteiger partial charge on any atom is -0.360 e. The molecule has 0 amide bonds. The molecule has 0 aliphatic rings. The van der Waals surface area contributed by atoms with Crippen LogP contribution in [0.2, 0.25) is 0 Å². The molecule has 3 nitrogen and oxygen atoms in total. The van der Waals surface area contributed by atoms with Gasteiger partial charge in [0, 0.05) is 11.7 Å². The molecule has 0 bridgehead atoms. The molecule has 0 saturated carbocycles. The maximum atomic E-state index is 10.4. The molecule has 0 aliphatic heterocycles. The first kappa shape index (κ1) is 13.7. The molecule has 91 valence electrons. The fourth-order valence-corrected chi connectivity index (χ4v) is 1.69. The molecule has 1 radical (unpaired) electrons. The Labute approximate surface area is 108 Å². The highest BCUT2D eigenvalue weighted by Crippen LogP contribution is 2.11. The van der Waals surface area contributed by atoms with Crippen LogP contribution in [-0.2, 0) is 5.11 Å². The van der Waals surface area contributed by atoms with E-state index in [1.54, 1.807) is 12.2 Å². The summed E-state index contributed by atoms with van der Waals surface area (Å²) in [5.41, 5.74) is 1.90. The van der Waals surface area contributed by atoms with Crippen LogP contribution in [0.4, 0.5) is 5.69 Å². The van der Waals surface area contributed by atoms with Gasteiger partial charge in [0.05, 0.1) is 0 Å². The third-order valence-electron chi connectivity index (χ3n) is 1.97. The molecule has 0 atom stereocenters. The second kappa shape index (κ2) is 7.04. The number of thiocarbonyl (C=S) groups is 1. The van der Waals surface area contributed by atoms with Gasteiger partial charge < -0.3 is 10.6 Å². The molecule has 1 rings (SSSR count). The fourth-order valence-electron chi connectivity index (χ4n) is 1.33. The normalized spacial score (nSPS) is 10.8. The molecule has 0 saturated heterocycles. The van der Waals surface area contributed by atoms with E-state index in [1.165, 1.54) is 0 Å². The van der Waals surface area contributed by atoms with Crippen molar-refractivity contribution in [3.8, 4) is 0 Å². The Hall–Kier alpha value is -1.39. The fraction of sp³-hybridized carbons (Fsp3) is 0.308. The molecule has 1 aromatic rings. The Morgan fingerprint density at radius 1 is 1.47 bits per heavy atom. The first-order chi connectivity index (χ1) is 8.11. The molecule has 0 aromatic heterocycles. The van der Waals surface area contributed by atoms with E-state index in [-0.39, 0.29) is 6.61 Å². The molecule has 4 heteroatoms. The zero-order valence-corrected chi connectivity index (χ0v) is 10.9. The number of benzene rings is 1. The number of nitrogens with one attached hydrogen (secondary N) is 2. The minimum absolute atomic E-state index is 0.203. The van der Waals surface area contributed by atoms with Gasteiger partial charge in [-0.1, -0.05) is 24.3 Å². The van der Waals surface area contributed by atoms with Crippen molar-refractivity contribution in [1.29, 1.82) is 0 Å². The lowest BCUT2D eigenvalue weighted by Crippen LogP contribution is -2.33. The Morgan fingerprint density at radius 2 is 2.24 bits per heavy atom. The highest BCUT2D eigenvalue weighted by molar-refractivity contribution is 7.80. The van der Waals surface area contributed by atoms with Gasteiger partial charge in [0.15, 0.2) is 5.11 Å². The lowest BCUT2D eigenvalue weighted by atomic mass is 10.2. The van der Waals surface area contributed by atoms with Crippen LogP contribution in [0.25, 0.3) is 6.08 Å². The van der Waals surface area contributed by atoms with Gasteiger partial charge in [0.2, 0.25) is 0 Å². The molecule has 0 fully saturated rings. The first-order valence-electron chi connectivity index (χ1n) is 5.54. The predicted octanol–water partition coefficient (Wildman–Crippen LogP) is 2.83. The van der Waals surface area contributed by atoms with E-state index in [0.29, 0.717) is 11.2 Å². The van der Waals surface area contributed by atoms with Crippen LogP contribution in [0, 0.1) is 0 Å². The number of anilines is 1. The third kappa shape index (κ3) is 5.47. The van der Waals surface area contributed by atoms with Gasteiger partial charge in [0.25, 0.3) is 0 Å². The van der Waals surface area contributed by atoms with Gasteiger partial charge in [-0.15, -0.1) is 0 Å². The van der Waals surface area contributed by atoms with Crippen molar-refractivity contribution < 1.29 is 5.11 Å². The molecule has 0 spiro atoms. The topological polar surface area (TPSA) is 44.0 Å². The van der Waals surface area contributed by atoms with Crippen LogP contribution in [0.5, 0.6) is 0 Å². The quantitative estimate of drug-likeness (QED) is 0.806. The van der Waals surface area contributed by atoms with Gasteiger partial charge in [-0.25, -0.2) is 5.11 Å². The summed E-state index contributed by atoms with van der Waals surface area (Å²) in [5.74, 6) is 0. The maximum Gasteiger partial charge on any atom is 0.170 e. The Balaban J connectivity index is 2.65. The zero-order valence-electron chi connectivity index (χ0n) is 10.1. The lowest BCUT2D eigenvalue weighted by molar-refractivity contribution is 0.233. The van der Waals surface area contributed by atoms with Crippen LogP contribution < -0.4 is 10.6 Å². The van der Waals surface area contributed by atoms with Gasteiger partial charge >= 0.3 is 0 Å². The van der Waals surface area contributed by atoms with Gasteiger partial charge in [-0.05, 0) is 43.8 Å². The van der Waals surface area contributed by atoms with Crippen molar-refractivity contribution in [1.82, 2.24) is 5.32 Å². The van der Waals surface area contributed by atoms with Gasteiger partial charge in [0.1, 0.15) is 6.61 Å². The van der Waals surface area contributed by atoms with E-state index in [1.807, 2.05) is 38.1 Å². The van der Waals surface area contributed by atoms with E-state index in [2.05, 4.69) is 10.6 Å². The maximum absolute atomic E-state index is 10.4. The summed E-state index contributed by atoms with van der Waals surface area (Å²) >= 11 is 5.15. The van der Waals surface area contributed by atoms with Crippen LogP contribution in [0.3, 0.4) is 0 Å². The molecule has 0 heterocycles. The summed E-state index contributed by atoms with van der Waals surface area (Å²) < 4.78 is 0. The molecule has 2 N–H and O–H groups in total. The number of hydrogen-bond acceptors (Lipinski definition) is 1. The van der Waals surface area contributed by atoms with Gasteiger partial charge in [-0.3, -0.25) is 0 Å². The van der Waals surface area contributed by atoms with E-state index in [9.17, 15) is 5.11 Å². The Kier molecular flexibility index (Phi) is 5.66. The number of rotatable bonds is 4. The highest BCUT2D eigenvalue weighted by atomic mass is 32.1. The van der Waals surface area contributed by atoms with Crippen molar-refractivity contribution in [2.45, 2.75) is 19.9 Å². The average molecular weight is 249 g/mol. The van der Waals surface area contributed by atoms with Crippen molar-refractivity contribution in [2.75, 3.05) is 11.9 Å². The summed E-state index contributed by atoms with van der Waals surface area (Å²) in [4.78, 5) is 0. The zero-order chi connectivity index (χ0) is 12.7. The Bertz CT molecular complexity index is 402. The minimum atomic E-state index is -0.203. The molecule has 0 unspecified atom stereocenters.